The second-order valence-electron chi connectivity index (χ2n) is 5.32. The third kappa shape index (κ3) is 3.94. The van der Waals surface area contributed by atoms with Crippen molar-refractivity contribution in [3.8, 4) is 0 Å². The van der Waals surface area contributed by atoms with E-state index in [9.17, 15) is 4.79 Å². The normalized spacial score (nSPS) is 18.3. The van der Waals surface area contributed by atoms with Crippen LogP contribution in [0.3, 0.4) is 0 Å². The summed E-state index contributed by atoms with van der Waals surface area (Å²) in [6.07, 6.45) is 9.62. The molecule has 0 unspecified atom stereocenters. The molecule has 3 N–H and O–H groups in total. The van der Waals surface area contributed by atoms with Gasteiger partial charge in [-0.1, -0.05) is 57.7 Å². The van der Waals surface area contributed by atoms with Gasteiger partial charge in [0.2, 0.25) is 5.91 Å². The lowest BCUT2D eigenvalue weighted by molar-refractivity contribution is -0.128. The van der Waals surface area contributed by atoms with Crippen molar-refractivity contribution in [3.63, 3.8) is 0 Å². The van der Waals surface area contributed by atoms with Gasteiger partial charge in [0.15, 0.2) is 0 Å². The van der Waals surface area contributed by atoms with E-state index >= 15 is 0 Å². The van der Waals surface area contributed by atoms with Crippen molar-refractivity contribution in [2.75, 3.05) is 6.54 Å². The first-order valence-electron chi connectivity index (χ1n) is 7.21. The summed E-state index contributed by atoms with van der Waals surface area (Å²) in [6.45, 7) is 2.94. The summed E-state index contributed by atoms with van der Waals surface area (Å²) in [7, 11) is 0. The van der Waals surface area contributed by atoms with Crippen LogP contribution in [0.25, 0.3) is 0 Å². The Labute approximate surface area is 116 Å². The molecule has 1 aliphatic rings. The number of hydrogen-bond acceptors (Lipinski definition) is 2. The molecule has 1 amide bonds. The number of carbonyl (C=O) groups excluding carboxylic acids is 1. The topological polar surface area (TPSA) is 55.1 Å². The smallest absolute Gasteiger partial charge is 0.233 e. The summed E-state index contributed by atoms with van der Waals surface area (Å²) in [4.78, 5) is 12.7. The predicted molar refractivity (Wildman–Crippen MR) is 79.5 cm³/mol. The van der Waals surface area contributed by atoms with Gasteiger partial charge in [0.05, 0.1) is 10.4 Å². The van der Waals surface area contributed by atoms with Gasteiger partial charge in [-0.2, -0.15) is 0 Å². The number of thiocarbonyl (C=S) groups is 1. The number of nitrogens with one attached hydrogen (secondary N) is 1. The lowest BCUT2D eigenvalue weighted by atomic mass is 9.73. The monoisotopic (exact) mass is 270 g/mol. The van der Waals surface area contributed by atoms with Crippen LogP contribution < -0.4 is 11.1 Å². The van der Waals surface area contributed by atoms with Crippen molar-refractivity contribution in [3.05, 3.63) is 0 Å². The van der Waals surface area contributed by atoms with Crippen molar-refractivity contribution in [1.29, 1.82) is 0 Å². The zero-order chi connectivity index (χ0) is 13.4. The molecule has 18 heavy (non-hydrogen) atoms. The molecule has 0 radical (unpaired) electrons. The molecule has 0 bridgehead atoms. The van der Waals surface area contributed by atoms with Gasteiger partial charge in [-0.3, -0.25) is 4.79 Å². The standard InChI is InChI=1S/C14H26N2OS/c1-2-3-4-8-11-16-13(17)14(12(15)18)9-6-5-7-10-14/h2-11H2,1H3,(H2,15,18)(H,16,17). The molecule has 0 aromatic rings. The van der Waals surface area contributed by atoms with Gasteiger partial charge >= 0.3 is 0 Å². The minimum atomic E-state index is -0.557. The summed E-state index contributed by atoms with van der Waals surface area (Å²) in [5.41, 5.74) is 5.27. The molecule has 0 aromatic heterocycles. The number of carbonyl (C=O) groups is 1. The maximum atomic E-state index is 12.3. The maximum absolute atomic E-state index is 12.3. The molecule has 104 valence electrons. The molecular weight excluding hydrogens is 244 g/mol. The van der Waals surface area contributed by atoms with Crippen LogP contribution in [0, 0.1) is 5.41 Å². The number of amides is 1. The Balaban J connectivity index is 2.43. The van der Waals surface area contributed by atoms with E-state index in [1.54, 1.807) is 0 Å². The van der Waals surface area contributed by atoms with Crippen molar-refractivity contribution < 1.29 is 4.79 Å². The molecule has 1 aliphatic carbocycles. The highest BCUT2D eigenvalue weighted by molar-refractivity contribution is 7.80. The van der Waals surface area contributed by atoms with Gasteiger partial charge in [-0.25, -0.2) is 0 Å². The molecule has 1 rings (SSSR count). The Morgan fingerprint density at radius 3 is 2.44 bits per heavy atom. The van der Waals surface area contributed by atoms with Crippen molar-refractivity contribution in [2.24, 2.45) is 11.1 Å². The first kappa shape index (κ1) is 15.4. The highest BCUT2D eigenvalue weighted by Crippen LogP contribution is 2.36. The lowest BCUT2D eigenvalue weighted by Gasteiger charge is -2.34. The average Bonchev–Trinajstić information content (AvgIpc) is 2.39. The molecule has 3 nitrogen and oxygen atoms in total. The quantitative estimate of drug-likeness (QED) is 0.552. The Hall–Kier alpha value is -0.640. The third-order valence-corrected chi connectivity index (χ3v) is 4.32. The molecule has 0 aliphatic heterocycles. The Kier molecular flexibility index (Phi) is 6.61. The summed E-state index contributed by atoms with van der Waals surface area (Å²) < 4.78 is 0. The van der Waals surface area contributed by atoms with E-state index in [2.05, 4.69) is 12.2 Å². The van der Waals surface area contributed by atoms with Crippen LogP contribution in [0.4, 0.5) is 0 Å². The van der Waals surface area contributed by atoms with E-state index in [1.807, 2.05) is 0 Å². The lowest BCUT2D eigenvalue weighted by Crippen LogP contribution is -2.50. The fourth-order valence-electron chi connectivity index (χ4n) is 2.66. The zero-order valence-corrected chi connectivity index (χ0v) is 12.3. The van der Waals surface area contributed by atoms with Gasteiger partial charge < -0.3 is 11.1 Å². The Morgan fingerprint density at radius 2 is 1.89 bits per heavy atom. The van der Waals surface area contributed by atoms with Crippen LogP contribution in [0.1, 0.15) is 64.7 Å². The summed E-state index contributed by atoms with van der Waals surface area (Å²) >= 11 is 5.14. The van der Waals surface area contributed by atoms with E-state index in [4.69, 9.17) is 18.0 Å². The molecular formula is C14H26N2OS. The highest BCUT2D eigenvalue weighted by atomic mass is 32.1. The predicted octanol–water partition coefficient (Wildman–Crippen LogP) is 2.92. The van der Waals surface area contributed by atoms with E-state index in [1.165, 1.54) is 25.7 Å². The number of unbranched alkanes of at least 4 members (excludes halogenated alkanes) is 3. The van der Waals surface area contributed by atoms with Crippen LogP contribution in [-0.2, 0) is 4.79 Å². The minimum Gasteiger partial charge on any atom is -0.392 e. The molecule has 4 heteroatoms. The van der Waals surface area contributed by atoms with Gasteiger partial charge in [-0.15, -0.1) is 0 Å². The van der Waals surface area contributed by atoms with Crippen LogP contribution in [0.2, 0.25) is 0 Å². The summed E-state index contributed by atoms with van der Waals surface area (Å²) in [5, 5.41) is 3.03. The van der Waals surface area contributed by atoms with Crippen LogP contribution in [0.15, 0.2) is 0 Å². The first-order valence-corrected chi connectivity index (χ1v) is 7.62. The molecule has 0 aromatic carbocycles. The fourth-order valence-corrected chi connectivity index (χ4v) is 2.96. The van der Waals surface area contributed by atoms with Gasteiger partial charge in [-0.05, 0) is 19.3 Å². The number of rotatable bonds is 7. The Morgan fingerprint density at radius 1 is 1.22 bits per heavy atom. The van der Waals surface area contributed by atoms with Gasteiger partial charge in [0.1, 0.15) is 0 Å². The van der Waals surface area contributed by atoms with Crippen LogP contribution in [0.5, 0.6) is 0 Å². The fraction of sp³-hybridized carbons (Fsp3) is 0.857. The summed E-state index contributed by atoms with van der Waals surface area (Å²) in [5.74, 6) is 0.0613. The third-order valence-electron chi connectivity index (χ3n) is 3.93. The van der Waals surface area contributed by atoms with Crippen molar-refractivity contribution in [1.82, 2.24) is 5.32 Å². The molecule has 0 atom stereocenters. The molecule has 0 saturated heterocycles. The van der Waals surface area contributed by atoms with Crippen LogP contribution >= 0.6 is 12.2 Å². The SMILES string of the molecule is CCCCCCNC(=O)C1(C(N)=S)CCCCC1. The maximum Gasteiger partial charge on any atom is 0.233 e. The van der Waals surface area contributed by atoms with Gasteiger partial charge in [0.25, 0.3) is 0 Å². The Bertz CT molecular complexity index is 286. The van der Waals surface area contributed by atoms with E-state index in [0.717, 1.165) is 38.6 Å². The second kappa shape index (κ2) is 7.72. The summed E-state index contributed by atoms with van der Waals surface area (Å²) in [6, 6.07) is 0. The van der Waals surface area contributed by atoms with Crippen molar-refractivity contribution >= 4 is 23.1 Å². The first-order chi connectivity index (χ1) is 8.63. The van der Waals surface area contributed by atoms with E-state index < -0.39 is 5.41 Å². The molecule has 0 spiro atoms. The largest absolute Gasteiger partial charge is 0.392 e. The highest BCUT2D eigenvalue weighted by Gasteiger charge is 2.41. The molecule has 0 heterocycles. The average molecular weight is 270 g/mol. The van der Waals surface area contributed by atoms with Crippen molar-refractivity contribution in [2.45, 2.75) is 64.7 Å². The van der Waals surface area contributed by atoms with Crippen LogP contribution in [-0.4, -0.2) is 17.4 Å². The number of nitrogens with two attached hydrogens (primary N) is 1. The zero-order valence-electron chi connectivity index (χ0n) is 11.5. The second-order valence-corrected chi connectivity index (χ2v) is 5.76. The van der Waals surface area contributed by atoms with E-state index in [-0.39, 0.29) is 5.91 Å². The van der Waals surface area contributed by atoms with E-state index in [0.29, 0.717) is 4.99 Å². The molecule has 1 fully saturated rings. The van der Waals surface area contributed by atoms with Gasteiger partial charge in [0, 0.05) is 6.54 Å². The minimum absolute atomic E-state index is 0.0613. The molecule has 1 saturated carbocycles. The number of hydrogen-bond donors (Lipinski definition) is 2.